The first-order chi connectivity index (χ1) is 9.95. The third-order valence-electron chi connectivity index (χ3n) is 3.52. The van der Waals surface area contributed by atoms with Gasteiger partial charge in [0.25, 0.3) is 0 Å². The Hall–Kier alpha value is -1.43. The van der Waals surface area contributed by atoms with Crippen LogP contribution in [-0.2, 0) is 16.0 Å². The fourth-order valence-corrected chi connectivity index (χ4v) is 3.26. The summed E-state index contributed by atoms with van der Waals surface area (Å²) in [6.07, 6.45) is 1.83. The van der Waals surface area contributed by atoms with E-state index in [1.165, 1.54) is 0 Å². The molecule has 0 bridgehead atoms. The van der Waals surface area contributed by atoms with Crippen molar-refractivity contribution in [3.8, 4) is 0 Å². The highest BCUT2D eigenvalue weighted by molar-refractivity contribution is 7.09. The number of amides is 2. The molecule has 1 unspecified atom stereocenters. The van der Waals surface area contributed by atoms with E-state index in [-0.39, 0.29) is 17.9 Å². The number of rotatable bonds is 5. The fraction of sp³-hybridized carbons (Fsp3) is 0.667. The maximum Gasteiger partial charge on any atom is 0.245 e. The van der Waals surface area contributed by atoms with E-state index in [1.807, 2.05) is 17.2 Å². The van der Waals surface area contributed by atoms with Gasteiger partial charge < -0.3 is 10.2 Å². The number of nitrogens with one attached hydrogen (secondary N) is 1. The van der Waals surface area contributed by atoms with E-state index in [1.54, 1.807) is 11.3 Å². The van der Waals surface area contributed by atoms with Crippen LogP contribution in [0.15, 0.2) is 5.38 Å². The first-order valence-electron chi connectivity index (χ1n) is 7.45. The SMILES string of the molecule is Cc1csc(CCN2CCC(=O)NC(CC(C)C)C2=O)n1. The molecule has 2 heterocycles. The van der Waals surface area contributed by atoms with Gasteiger partial charge in [-0.05, 0) is 19.3 Å². The predicted octanol–water partition coefficient (Wildman–Crippen LogP) is 1.76. The minimum absolute atomic E-state index is 0.0263. The topological polar surface area (TPSA) is 62.3 Å². The molecule has 2 amide bonds. The van der Waals surface area contributed by atoms with Crippen molar-refractivity contribution in [2.45, 2.75) is 46.1 Å². The molecule has 0 aliphatic carbocycles. The highest BCUT2D eigenvalue weighted by Crippen LogP contribution is 2.14. The smallest absolute Gasteiger partial charge is 0.245 e. The van der Waals surface area contributed by atoms with E-state index < -0.39 is 0 Å². The van der Waals surface area contributed by atoms with Crippen LogP contribution in [0, 0.1) is 12.8 Å². The van der Waals surface area contributed by atoms with Gasteiger partial charge in [-0.2, -0.15) is 0 Å². The molecule has 1 aliphatic rings. The standard InChI is InChI=1S/C15H23N3O2S/c1-10(2)8-12-15(20)18(6-4-13(19)17-12)7-5-14-16-11(3)9-21-14/h9-10,12H,4-8H2,1-3H3,(H,17,19). The van der Waals surface area contributed by atoms with Crippen LogP contribution in [0.4, 0.5) is 0 Å². The Bertz CT molecular complexity index is 513. The number of hydrogen-bond donors (Lipinski definition) is 1. The van der Waals surface area contributed by atoms with Gasteiger partial charge in [-0.25, -0.2) is 4.98 Å². The van der Waals surface area contributed by atoms with E-state index in [0.29, 0.717) is 31.8 Å². The Labute approximate surface area is 129 Å². The van der Waals surface area contributed by atoms with Gasteiger partial charge in [-0.3, -0.25) is 9.59 Å². The second-order valence-electron chi connectivity index (χ2n) is 5.96. The Morgan fingerprint density at radius 2 is 2.24 bits per heavy atom. The van der Waals surface area contributed by atoms with Crippen LogP contribution in [0.1, 0.15) is 37.4 Å². The highest BCUT2D eigenvalue weighted by atomic mass is 32.1. The van der Waals surface area contributed by atoms with Crippen molar-refractivity contribution in [1.82, 2.24) is 15.2 Å². The highest BCUT2D eigenvalue weighted by Gasteiger charge is 2.30. The summed E-state index contributed by atoms with van der Waals surface area (Å²) in [6, 6.07) is -0.377. The lowest BCUT2D eigenvalue weighted by molar-refractivity contribution is -0.133. The summed E-state index contributed by atoms with van der Waals surface area (Å²) in [7, 11) is 0. The van der Waals surface area contributed by atoms with Gasteiger partial charge in [-0.15, -0.1) is 11.3 Å². The molecule has 116 valence electrons. The summed E-state index contributed by atoms with van der Waals surface area (Å²) in [5.74, 6) is 0.394. The van der Waals surface area contributed by atoms with Gasteiger partial charge in [-0.1, -0.05) is 13.8 Å². The molecule has 21 heavy (non-hydrogen) atoms. The molecule has 5 nitrogen and oxygen atoms in total. The summed E-state index contributed by atoms with van der Waals surface area (Å²) in [4.78, 5) is 30.5. The van der Waals surface area contributed by atoms with E-state index in [2.05, 4.69) is 24.1 Å². The van der Waals surface area contributed by atoms with E-state index in [9.17, 15) is 9.59 Å². The van der Waals surface area contributed by atoms with E-state index >= 15 is 0 Å². The third kappa shape index (κ3) is 4.52. The number of nitrogens with zero attached hydrogens (tertiary/aromatic N) is 2. The average molecular weight is 309 g/mol. The third-order valence-corrected chi connectivity index (χ3v) is 4.55. The van der Waals surface area contributed by atoms with Crippen LogP contribution >= 0.6 is 11.3 Å². The second kappa shape index (κ2) is 7.02. The molecule has 1 saturated heterocycles. The molecule has 0 saturated carbocycles. The average Bonchev–Trinajstić information content (AvgIpc) is 2.77. The molecular formula is C15H23N3O2S. The minimum atomic E-state index is -0.377. The summed E-state index contributed by atoms with van der Waals surface area (Å²) >= 11 is 1.62. The zero-order chi connectivity index (χ0) is 15.4. The number of aromatic nitrogens is 1. The maximum absolute atomic E-state index is 12.5. The van der Waals surface area contributed by atoms with Crippen molar-refractivity contribution in [2.24, 2.45) is 5.92 Å². The molecule has 2 rings (SSSR count). The molecule has 1 aliphatic heterocycles. The quantitative estimate of drug-likeness (QED) is 0.901. The number of aryl methyl sites for hydroxylation is 1. The first-order valence-corrected chi connectivity index (χ1v) is 8.33. The molecule has 0 aromatic carbocycles. The molecular weight excluding hydrogens is 286 g/mol. The molecule has 6 heteroatoms. The van der Waals surface area contributed by atoms with Crippen molar-refractivity contribution in [2.75, 3.05) is 13.1 Å². The van der Waals surface area contributed by atoms with Crippen molar-refractivity contribution >= 4 is 23.2 Å². The van der Waals surface area contributed by atoms with Crippen molar-refractivity contribution in [1.29, 1.82) is 0 Å². The first kappa shape index (κ1) is 15.9. The van der Waals surface area contributed by atoms with E-state index in [0.717, 1.165) is 17.1 Å². The van der Waals surface area contributed by atoms with Crippen LogP contribution in [0.5, 0.6) is 0 Å². The van der Waals surface area contributed by atoms with Crippen molar-refractivity contribution in [3.05, 3.63) is 16.1 Å². The van der Waals surface area contributed by atoms with Crippen LogP contribution in [0.2, 0.25) is 0 Å². The minimum Gasteiger partial charge on any atom is -0.344 e. The largest absolute Gasteiger partial charge is 0.344 e. The molecule has 0 spiro atoms. The van der Waals surface area contributed by atoms with Gasteiger partial charge >= 0.3 is 0 Å². The molecule has 1 fully saturated rings. The summed E-state index contributed by atoms with van der Waals surface area (Å²) in [6.45, 7) is 7.23. The summed E-state index contributed by atoms with van der Waals surface area (Å²) < 4.78 is 0. The second-order valence-corrected chi connectivity index (χ2v) is 6.90. The van der Waals surface area contributed by atoms with Gasteiger partial charge in [0, 0.05) is 37.0 Å². The lowest BCUT2D eigenvalue weighted by Crippen LogP contribution is -2.45. The van der Waals surface area contributed by atoms with Crippen molar-refractivity contribution in [3.63, 3.8) is 0 Å². The number of carbonyl (C=O) groups excluding carboxylic acids is 2. The molecule has 1 aromatic rings. The zero-order valence-electron chi connectivity index (χ0n) is 12.9. The summed E-state index contributed by atoms with van der Waals surface area (Å²) in [5, 5.41) is 5.91. The Morgan fingerprint density at radius 3 is 2.86 bits per heavy atom. The number of hydrogen-bond acceptors (Lipinski definition) is 4. The molecule has 1 atom stereocenters. The van der Waals surface area contributed by atoms with Gasteiger partial charge in [0.05, 0.1) is 5.01 Å². The van der Waals surface area contributed by atoms with Crippen molar-refractivity contribution < 1.29 is 9.59 Å². The zero-order valence-corrected chi connectivity index (χ0v) is 13.7. The van der Waals surface area contributed by atoms with Crippen LogP contribution in [-0.4, -0.2) is 40.8 Å². The monoisotopic (exact) mass is 309 g/mol. The normalized spacial score (nSPS) is 19.8. The van der Waals surface area contributed by atoms with Gasteiger partial charge in [0.1, 0.15) is 6.04 Å². The lowest BCUT2D eigenvalue weighted by atomic mass is 10.0. The van der Waals surface area contributed by atoms with Gasteiger partial charge in [0.15, 0.2) is 0 Å². The molecule has 1 aromatic heterocycles. The van der Waals surface area contributed by atoms with Crippen LogP contribution in [0.25, 0.3) is 0 Å². The van der Waals surface area contributed by atoms with E-state index in [4.69, 9.17) is 0 Å². The maximum atomic E-state index is 12.5. The Morgan fingerprint density at radius 1 is 1.48 bits per heavy atom. The molecule has 0 radical (unpaired) electrons. The van der Waals surface area contributed by atoms with Crippen LogP contribution < -0.4 is 5.32 Å². The number of carbonyl (C=O) groups is 2. The van der Waals surface area contributed by atoms with Crippen LogP contribution in [0.3, 0.4) is 0 Å². The fourth-order valence-electron chi connectivity index (χ4n) is 2.50. The lowest BCUT2D eigenvalue weighted by Gasteiger charge is -2.24. The predicted molar refractivity (Wildman–Crippen MR) is 83.1 cm³/mol. The Balaban J connectivity index is 1.99. The Kier molecular flexibility index (Phi) is 5.33. The summed E-state index contributed by atoms with van der Waals surface area (Å²) in [5.41, 5.74) is 1.02. The molecule has 1 N–H and O–H groups in total. The number of thiazole rings is 1. The van der Waals surface area contributed by atoms with Gasteiger partial charge in [0.2, 0.25) is 11.8 Å².